The van der Waals surface area contributed by atoms with Crippen LogP contribution in [0.4, 0.5) is 13.2 Å². The molecular formula is C33H42F3N3O4S. The maximum absolute atomic E-state index is 13.3. The summed E-state index contributed by atoms with van der Waals surface area (Å²) in [5.41, 5.74) is 1.78. The fourth-order valence-electron chi connectivity index (χ4n) is 8.44. The Bertz CT molecular complexity index is 1530. The summed E-state index contributed by atoms with van der Waals surface area (Å²) in [7, 11) is -4.20. The van der Waals surface area contributed by atoms with Gasteiger partial charge in [0.1, 0.15) is 5.75 Å². The predicted molar refractivity (Wildman–Crippen MR) is 160 cm³/mol. The third-order valence-corrected chi connectivity index (χ3v) is 11.8. The van der Waals surface area contributed by atoms with Crippen molar-refractivity contribution in [3.8, 4) is 5.75 Å². The van der Waals surface area contributed by atoms with Crippen LogP contribution in [0.1, 0.15) is 88.4 Å². The van der Waals surface area contributed by atoms with Crippen LogP contribution in [0.25, 0.3) is 0 Å². The molecule has 240 valence electrons. The number of alkyl halides is 3. The fourth-order valence-corrected chi connectivity index (χ4v) is 10.2. The van der Waals surface area contributed by atoms with Gasteiger partial charge in [0.2, 0.25) is 15.9 Å². The number of nitrogens with zero attached hydrogens (tertiary/aromatic N) is 2. The lowest BCUT2D eigenvalue weighted by molar-refractivity contribution is -0.137. The van der Waals surface area contributed by atoms with Gasteiger partial charge in [-0.15, -0.1) is 0 Å². The van der Waals surface area contributed by atoms with Gasteiger partial charge in [-0.2, -0.15) is 17.5 Å². The number of hydrogen-bond acceptors (Lipinski definition) is 5. The van der Waals surface area contributed by atoms with Crippen LogP contribution < -0.4 is 10.1 Å². The van der Waals surface area contributed by atoms with E-state index in [0.717, 1.165) is 36.5 Å². The molecule has 44 heavy (non-hydrogen) atoms. The standard InChI is InChI=1S/C33H42F3N3O4S/c1-31(2)17-25-18-32(3,20-31)21-38(25)19-22-9-10-27-28(11-13-43-29(27)14-22)37-30(40)16-24-7-5-12-39(24)44(41,42)26-8-4-6-23(15-26)33(34,35)36/h4,6,8-10,14-15,24-25,28H,5,7,11-13,16-21H2,1-3H3,(H,37,40)/t24-,25?,28?,32?/m0/s1. The number of halogens is 3. The molecule has 1 amide bonds. The number of likely N-dealkylation sites (tertiary alicyclic amines) is 1. The summed E-state index contributed by atoms with van der Waals surface area (Å²) >= 11 is 0. The molecule has 1 N–H and O–H groups in total. The van der Waals surface area contributed by atoms with Crippen molar-refractivity contribution < 1.29 is 31.1 Å². The minimum absolute atomic E-state index is 0.0611. The number of ether oxygens (including phenoxy) is 1. The van der Waals surface area contributed by atoms with E-state index in [4.69, 9.17) is 4.74 Å². The lowest BCUT2D eigenvalue weighted by Gasteiger charge is -2.40. The highest BCUT2D eigenvalue weighted by molar-refractivity contribution is 7.89. The number of carbonyl (C=O) groups excluding carboxylic acids is 1. The molecule has 2 bridgehead atoms. The molecule has 3 heterocycles. The summed E-state index contributed by atoms with van der Waals surface area (Å²) in [6.07, 6.45) is 0.575. The zero-order valence-electron chi connectivity index (χ0n) is 25.6. The first-order chi connectivity index (χ1) is 20.6. The Hall–Kier alpha value is -2.63. The van der Waals surface area contributed by atoms with E-state index in [9.17, 15) is 26.4 Å². The minimum atomic E-state index is -4.65. The molecule has 1 saturated carbocycles. The Morgan fingerprint density at radius 1 is 1.09 bits per heavy atom. The van der Waals surface area contributed by atoms with Gasteiger partial charge in [0.15, 0.2) is 0 Å². The molecule has 2 saturated heterocycles. The molecule has 0 aromatic heterocycles. The molecular weight excluding hydrogens is 591 g/mol. The van der Waals surface area contributed by atoms with Crippen molar-refractivity contribution in [3.05, 3.63) is 59.2 Å². The van der Waals surface area contributed by atoms with Gasteiger partial charge in [-0.25, -0.2) is 8.42 Å². The second kappa shape index (κ2) is 11.3. The number of carbonyl (C=O) groups is 1. The van der Waals surface area contributed by atoms with Gasteiger partial charge >= 0.3 is 6.18 Å². The summed E-state index contributed by atoms with van der Waals surface area (Å²) in [5.74, 6) is 0.477. The van der Waals surface area contributed by atoms with E-state index in [1.807, 2.05) is 6.07 Å². The van der Waals surface area contributed by atoms with Crippen LogP contribution in [-0.2, 0) is 27.5 Å². The zero-order chi connectivity index (χ0) is 31.5. The number of hydrogen-bond donors (Lipinski definition) is 1. The van der Waals surface area contributed by atoms with E-state index in [2.05, 4.69) is 43.1 Å². The Morgan fingerprint density at radius 3 is 2.66 bits per heavy atom. The van der Waals surface area contributed by atoms with Crippen molar-refractivity contribution in [2.45, 2.75) is 101 Å². The van der Waals surface area contributed by atoms with Crippen molar-refractivity contribution >= 4 is 15.9 Å². The van der Waals surface area contributed by atoms with Crippen LogP contribution in [0.3, 0.4) is 0 Å². The number of benzene rings is 2. The largest absolute Gasteiger partial charge is 0.493 e. The molecule has 3 aliphatic heterocycles. The van der Waals surface area contributed by atoms with Crippen LogP contribution >= 0.6 is 0 Å². The normalized spacial score (nSPS) is 28.8. The van der Waals surface area contributed by atoms with Crippen molar-refractivity contribution in [2.75, 3.05) is 19.7 Å². The maximum atomic E-state index is 13.3. The second-order valence-electron chi connectivity index (χ2n) is 14.4. The van der Waals surface area contributed by atoms with E-state index < -0.39 is 32.7 Å². The number of rotatable bonds is 7. The van der Waals surface area contributed by atoms with Crippen molar-refractivity contribution in [1.29, 1.82) is 0 Å². The summed E-state index contributed by atoms with van der Waals surface area (Å²) in [6.45, 7) is 9.74. The number of nitrogens with one attached hydrogen (secondary N) is 1. The molecule has 0 radical (unpaired) electrons. The summed E-state index contributed by atoms with van der Waals surface area (Å²) in [4.78, 5) is 15.4. The van der Waals surface area contributed by atoms with E-state index >= 15 is 0 Å². The third-order valence-electron chi connectivity index (χ3n) is 9.87. The van der Waals surface area contributed by atoms with Crippen LogP contribution in [0.5, 0.6) is 5.75 Å². The smallest absolute Gasteiger partial charge is 0.416 e. The topological polar surface area (TPSA) is 79.0 Å². The van der Waals surface area contributed by atoms with Crippen LogP contribution in [0.15, 0.2) is 47.4 Å². The van der Waals surface area contributed by atoms with Crippen LogP contribution in [0.2, 0.25) is 0 Å². The Labute approximate surface area is 258 Å². The van der Waals surface area contributed by atoms with Gasteiger partial charge in [-0.1, -0.05) is 39.0 Å². The lowest BCUT2D eigenvalue weighted by Crippen LogP contribution is -2.40. The Balaban J connectivity index is 1.10. The first-order valence-electron chi connectivity index (χ1n) is 15.6. The van der Waals surface area contributed by atoms with Crippen molar-refractivity contribution in [2.24, 2.45) is 10.8 Å². The van der Waals surface area contributed by atoms with E-state index in [1.165, 1.54) is 35.2 Å². The highest BCUT2D eigenvalue weighted by Crippen LogP contribution is 2.53. The number of amides is 1. The van der Waals surface area contributed by atoms with Gasteiger partial charge in [0.25, 0.3) is 0 Å². The van der Waals surface area contributed by atoms with Crippen LogP contribution in [-0.4, -0.2) is 55.3 Å². The minimum Gasteiger partial charge on any atom is -0.493 e. The van der Waals surface area contributed by atoms with Gasteiger partial charge in [0, 0.05) is 50.1 Å². The van der Waals surface area contributed by atoms with Gasteiger partial charge in [-0.05, 0) is 72.8 Å². The van der Waals surface area contributed by atoms with Gasteiger partial charge in [0.05, 0.1) is 23.1 Å². The highest BCUT2D eigenvalue weighted by Gasteiger charge is 2.49. The molecule has 6 rings (SSSR count). The lowest BCUT2D eigenvalue weighted by atomic mass is 9.65. The number of sulfonamides is 1. The van der Waals surface area contributed by atoms with E-state index in [1.54, 1.807) is 0 Å². The highest BCUT2D eigenvalue weighted by atomic mass is 32.2. The SMILES string of the molecule is CC1(C)CC2CC(C)(CN2Cc2ccc3c(c2)OCCC3NC(=O)C[C@@H]2CCCN2S(=O)(=O)c2cccc(C(F)(F)F)c2)C1. The molecule has 7 nitrogen and oxygen atoms in total. The third kappa shape index (κ3) is 6.37. The monoisotopic (exact) mass is 633 g/mol. The quantitative estimate of drug-likeness (QED) is 0.388. The molecule has 11 heteroatoms. The van der Waals surface area contributed by atoms with Crippen molar-refractivity contribution in [3.63, 3.8) is 0 Å². The molecule has 4 aliphatic rings. The fraction of sp³-hybridized carbons (Fsp3) is 0.606. The van der Waals surface area contributed by atoms with Gasteiger partial charge < -0.3 is 10.1 Å². The molecule has 0 spiro atoms. The average molecular weight is 634 g/mol. The average Bonchev–Trinajstić information content (AvgIpc) is 3.49. The molecule has 3 fully saturated rings. The maximum Gasteiger partial charge on any atom is 0.416 e. The van der Waals surface area contributed by atoms with Crippen LogP contribution in [0, 0.1) is 10.8 Å². The molecule has 2 aromatic rings. The molecule has 4 atom stereocenters. The van der Waals surface area contributed by atoms with Gasteiger partial charge in [-0.3, -0.25) is 9.69 Å². The molecule has 1 aliphatic carbocycles. The molecule has 3 unspecified atom stereocenters. The van der Waals surface area contributed by atoms with E-state index in [0.29, 0.717) is 48.8 Å². The first-order valence-corrected chi connectivity index (χ1v) is 17.0. The molecule has 2 aromatic carbocycles. The summed E-state index contributed by atoms with van der Waals surface area (Å²) in [5, 5.41) is 3.08. The first kappa shape index (κ1) is 31.4. The summed E-state index contributed by atoms with van der Waals surface area (Å²) in [6, 6.07) is 9.71. The second-order valence-corrected chi connectivity index (χ2v) is 16.3. The Kier molecular flexibility index (Phi) is 8.06. The zero-order valence-corrected chi connectivity index (χ0v) is 26.4. The predicted octanol–water partition coefficient (Wildman–Crippen LogP) is 6.29. The number of fused-ring (bicyclic) bond motifs is 3. The van der Waals surface area contributed by atoms with E-state index in [-0.39, 0.29) is 24.9 Å². The Morgan fingerprint density at radius 2 is 1.89 bits per heavy atom. The summed E-state index contributed by atoms with van der Waals surface area (Å²) < 4.78 is 73.6. The van der Waals surface area contributed by atoms with Crippen molar-refractivity contribution in [1.82, 2.24) is 14.5 Å².